The molecule has 0 saturated heterocycles. The van der Waals surface area contributed by atoms with Crippen molar-refractivity contribution in [3.63, 3.8) is 0 Å². The minimum Gasteiger partial charge on any atom is -0.497 e. The monoisotopic (exact) mass is 595 g/mol. The third-order valence-corrected chi connectivity index (χ3v) is 8.82. The number of benzene rings is 5. The average molecular weight is 596 g/mol. The molecule has 5 aromatic rings. The maximum atomic E-state index is 14.6. The molecule has 0 bridgehead atoms. The van der Waals surface area contributed by atoms with Gasteiger partial charge in [-0.3, -0.25) is 4.79 Å². The SMILES string of the molecule is COc1ccc2c(c1)CC[C@@H](Cc1ccccc1)[C@@H]2N(Cc1ccccc1)C(=O)Cc1cccc(-c2cccc(C(=O)O)c2)c1. The molecule has 1 N–H and O–H groups in total. The smallest absolute Gasteiger partial charge is 0.335 e. The fraction of sp³-hybridized carbons (Fsp3) is 0.200. The van der Waals surface area contributed by atoms with Crippen LogP contribution in [-0.4, -0.2) is 29.0 Å². The van der Waals surface area contributed by atoms with E-state index in [1.54, 1.807) is 25.3 Å². The van der Waals surface area contributed by atoms with Gasteiger partial charge in [-0.05, 0) is 88.4 Å². The number of aromatic carboxylic acids is 1. The zero-order chi connectivity index (χ0) is 31.2. The summed E-state index contributed by atoms with van der Waals surface area (Å²) in [6.07, 6.45) is 3.02. The van der Waals surface area contributed by atoms with Crippen molar-refractivity contribution in [1.82, 2.24) is 4.90 Å². The van der Waals surface area contributed by atoms with Crippen LogP contribution in [0.2, 0.25) is 0 Å². The van der Waals surface area contributed by atoms with Gasteiger partial charge in [0.25, 0.3) is 0 Å². The fourth-order valence-electron chi connectivity index (χ4n) is 6.61. The van der Waals surface area contributed by atoms with Crippen LogP contribution >= 0.6 is 0 Å². The molecule has 0 heterocycles. The van der Waals surface area contributed by atoms with E-state index in [1.807, 2.05) is 60.7 Å². The van der Waals surface area contributed by atoms with E-state index in [9.17, 15) is 14.7 Å². The highest BCUT2D eigenvalue weighted by atomic mass is 16.5. The number of carboxylic acid groups (broad SMARTS) is 1. The largest absolute Gasteiger partial charge is 0.497 e. The van der Waals surface area contributed by atoms with Crippen molar-refractivity contribution in [1.29, 1.82) is 0 Å². The Labute approximate surface area is 264 Å². The number of nitrogens with zero attached hydrogens (tertiary/aromatic N) is 1. The zero-order valence-electron chi connectivity index (χ0n) is 25.4. The van der Waals surface area contributed by atoms with Crippen molar-refractivity contribution >= 4 is 11.9 Å². The number of amides is 1. The van der Waals surface area contributed by atoms with E-state index in [4.69, 9.17) is 4.74 Å². The van der Waals surface area contributed by atoms with Crippen LogP contribution in [0.25, 0.3) is 11.1 Å². The Balaban J connectivity index is 1.37. The van der Waals surface area contributed by atoms with Gasteiger partial charge in [-0.1, -0.05) is 103 Å². The summed E-state index contributed by atoms with van der Waals surface area (Å²) >= 11 is 0. The van der Waals surface area contributed by atoms with Crippen molar-refractivity contribution in [2.75, 3.05) is 7.11 Å². The van der Waals surface area contributed by atoms with E-state index < -0.39 is 5.97 Å². The molecule has 1 aliphatic carbocycles. The maximum absolute atomic E-state index is 14.6. The molecule has 1 amide bonds. The molecule has 2 atom stereocenters. The second-order valence-electron chi connectivity index (χ2n) is 11.8. The van der Waals surface area contributed by atoms with Gasteiger partial charge >= 0.3 is 5.97 Å². The Bertz CT molecular complexity index is 1780. The summed E-state index contributed by atoms with van der Waals surface area (Å²) in [5.74, 6) is 0.168. The lowest BCUT2D eigenvalue weighted by molar-refractivity contribution is -0.135. The zero-order valence-corrected chi connectivity index (χ0v) is 25.4. The Morgan fingerprint density at radius 2 is 1.42 bits per heavy atom. The van der Waals surface area contributed by atoms with Crippen LogP contribution in [0.15, 0.2) is 127 Å². The lowest BCUT2D eigenvalue weighted by Gasteiger charge is -2.42. The number of hydrogen-bond acceptors (Lipinski definition) is 3. The molecule has 5 nitrogen and oxygen atoms in total. The van der Waals surface area contributed by atoms with Crippen molar-refractivity contribution < 1.29 is 19.4 Å². The topological polar surface area (TPSA) is 66.8 Å². The summed E-state index contributed by atoms with van der Waals surface area (Å²) in [6, 6.07) is 41.7. The highest BCUT2D eigenvalue weighted by Crippen LogP contribution is 2.42. The summed E-state index contributed by atoms with van der Waals surface area (Å²) in [5.41, 5.74) is 7.60. The van der Waals surface area contributed by atoms with Crippen molar-refractivity contribution in [3.8, 4) is 16.9 Å². The van der Waals surface area contributed by atoms with Crippen molar-refractivity contribution in [2.24, 2.45) is 5.92 Å². The minimum atomic E-state index is -0.963. The first-order valence-electron chi connectivity index (χ1n) is 15.5. The number of hydrogen-bond donors (Lipinski definition) is 1. The highest BCUT2D eigenvalue weighted by Gasteiger charge is 2.36. The Kier molecular flexibility index (Phi) is 9.06. The molecule has 45 heavy (non-hydrogen) atoms. The van der Waals surface area contributed by atoms with E-state index in [2.05, 4.69) is 53.4 Å². The number of methoxy groups -OCH3 is 1. The van der Waals surface area contributed by atoms with E-state index in [0.717, 1.165) is 47.3 Å². The van der Waals surface area contributed by atoms with Crippen molar-refractivity contribution in [2.45, 2.75) is 38.3 Å². The standard InChI is InChI=1S/C40H37NO4/c1-45-36-20-21-37-33(26-36)18-19-34(22-28-10-4-2-5-11-28)39(37)41(27-29-12-6-3-7-13-29)38(42)24-30-14-8-15-31(23-30)32-16-9-17-35(25-32)40(43)44/h2-17,20-21,23,25-26,34,39H,18-19,22,24,27H2,1H3,(H,43,44)/t34-,39-/m0/s1. The predicted octanol–water partition coefficient (Wildman–Crippen LogP) is 8.18. The normalized spacial score (nSPS) is 15.6. The molecule has 0 fully saturated rings. The number of carboxylic acids is 1. The fourth-order valence-corrected chi connectivity index (χ4v) is 6.61. The second kappa shape index (κ2) is 13.6. The summed E-state index contributed by atoms with van der Waals surface area (Å²) < 4.78 is 5.58. The van der Waals surface area contributed by atoms with E-state index in [0.29, 0.717) is 6.54 Å². The first-order chi connectivity index (χ1) is 22.0. The Morgan fingerprint density at radius 1 is 0.756 bits per heavy atom. The van der Waals surface area contributed by atoms with Crippen LogP contribution in [-0.2, 0) is 30.6 Å². The highest BCUT2D eigenvalue weighted by molar-refractivity contribution is 5.89. The summed E-state index contributed by atoms with van der Waals surface area (Å²) in [4.78, 5) is 28.2. The van der Waals surface area contributed by atoms with Crippen LogP contribution in [0, 0.1) is 5.92 Å². The molecule has 0 unspecified atom stereocenters. The molecule has 0 aliphatic heterocycles. The molecule has 0 aromatic heterocycles. The van der Waals surface area contributed by atoms with Gasteiger partial charge in [0.05, 0.1) is 25.1 Å². The summed E-state index contributed by atoms with van der Waals surface area (Å²) in [7, 11) is 1.69. The Morgan fingerprint density at radius 3 is 2.13 bits per heavy atom. The first kappa shape index (κ1) is 29.9. The minimum absolute atomic E-state index is 0.0574. The van der Waals surface area contributed by atoms with Crippen LogP contribution in [0.4, 0.5) is 0 Å². The van der Waals surface area contributed by atoms with Gasteiger partial charge in [0.15, 0.2) is 0 Å². The number of rotatable bonds is 10. The van der Waals surface area contributed by atoms with Gasteiger partial charge in [-0.2, -0.15) is 0 Å². The van der Waals surface area contributed by atoms with Crippen LogP contribution in [0.3, 0.4) is 0 Å². The molecule has 6 rings (SSSR count). The predicted molar refractivity (Wildman–Crippen MR) is 177 cm³/mol. The number of aryl methyl sites for hydroxylation is 1. The van der Waals surface area contributed by atoms with Crippen LogP contribution in [0.1, 0.15) is 50.6 Å². The van der Waals surface area contributed by atoms with E-state index >= 15 is 0 Å². The number of carbonyl (C=O) groups excluding carboxylic acids is 1. The lowest BCUT2D eigenvalue weighted by atomic mass is 9.75. The lowest BCUT2D eigenvalue weighted by Crippen LogP contribution is -2.41. The van der Waals surface area contributed by atoms with Crippen molar-refractivity contribution in [3.05, 3.63) is 161 Å². The van der Waals surface area contributed by atoms with Crippen LogP contribution in [0.5, 0.6) is 5.75 Å². The molecule has 226 valence electrons. The first-order valence-corrected chi connectivity index (χ1v) is 15.5. The van der Waals surface area contributed by atoms with Gasteiger partial charge in [-0.25, -0.2) is 4.79 Å². The van der Waals surface area contributed by atoms with Gasteiger partial charge < -0.3 is 14.7 Å². The molecular weight excluding hydrogens is 558 g/mol. The quantitative estimate of drug-likeness (QED) is 0.177. The molecule has 5 heteroatoms. The molecule has 5 aromatic carbocycles. The van der Waals surface area contributed by atoms with E-state index in [1.165, 1.54) is 16.7 Å². The third-order valence-electron chi connectivity index (χ3n) is 8.82. The van der Waals surface area contributed by atoms with E-state index in [-0.39, 0.29) is 29.9 Å². The average Bonchev–Trinajstić information content (AvgIpc) is 3.08. The van der Waals surface area contributed by atoms with Gasteiger partial charge in [0.2, 0.25) is 5.91 Å². The molecule has 0 saturated carbocycles. The Hall–Kier alpha value is -5.16. The van der Waals surface area contributed by atoms with Gasteiger partial charge in [0.1, 0.15) is 5.75 Å². The van der Waals surface area contributed by atoms with Gasteiger partial charge in [-0.15, -0.1) is 0 Å². The molecule has 0 spiro atoms. The maximum Gasteiger partial charge on any atom is 0.335 e. The summed E-state index contributed by atoms with van der Waals surface area (Å²) in [6.45, 7) is 0.501. The third kappa shape index (κ3) is 6.99. The van der Waals surface area contributed by atoms with Gasteiger partial charge in [0, 0.05) is 6.54 Å². The molecule has 1 aliphatic rings. The molecular formula is C40H37NO4. The van der Waals surface area contributed by atoms with Crippen LogP contribution < -0.4 is 4.74 Å². The number of ether oxygens (including phenoxy) is 1. The second-order valence-corrected chi connectivity index (χ2v) is 11.8. The summed E-state index contributed by atoms with van der Waals surface area (Å²) in [5, 5.41) is 9.49. The number of fused-ring (bicyclic) bond motifs is 1. The molecule has 0 radical (unpaired) electrons. The number of carbonyl (C=O) groups is 2.